The maximum atomic E-state index is 12.5. The van der Waals surface area contributed by atoms with Gasteiger partial charge in [-0.15, -0.1) is 5.06 Å². The molecule has 0 amide bonds. The van der Waals surface area contributed by atoms with E-state index in [0.29, 0.717) is 12.1 Å². The fraction of sp³-hybridized carbons (Fsp3) is 0.0952. The quantitative estimate of drug-likeness (QED) is 0.662. The molecular formula is C21H17NO2S. The van der Waals surface area contributed by atoms with Crippen molar-refractivity contribution in [1.29, 1.82) is 0 Å². The third kappa shape index (κ3) is 3.45. The van der Waals surface area contributed by atoms with Gasteiger partial charge in [0.2, 0.25) is 0 Å². The molecule has 1 atom stereocenters. The minimum atomic E-state index is -0.332. The predicted octanol–water partition coefficient (Wildman–Crippen LogP) is 5.07. The van der Waals surface area contributed by atoms with E-state index in [1.807, 2.05) is 48.5 Å². The van der Waals surface area contributed by atoms with Crippen molar-refractivity contribution in [3.05, 3.63) is 102 Å². The number of carbonyl (C=O) groups is 1. The Labute approximate surface area is 151 Å². The first-order chi connectivity index (χ1) is 12.3. The second-order valence-corrected chi connectivity index (χ2v) is 6.93. The van der Waals surface area contributed by atoms with Gasteiger partial charge in [-0.05, 0) is 29.3 Å². The van der Waals surface area contributed by atoms with E-state index in [2.05, 4.69) is 24.3 Å². The van der Waals surface area contributed by atoms with Crippen LogP contribution in [0.1, 0.15) is 26.9 Å². The summed E-state index contributed by atoms with van der Waals surface area (Å²) in [5, 5.41) is 1.71. The van der Waals surface area contributed by atoms with Crippen LogP contribution >= 0.6 is 11.8 Å². The van der Waals surface area contributed by atoms with Gasteiger partial charge in [0.1, 0.15) is 5.37 Å². The summed E-state index contributed by atoms with van der Waals surface area (Å²) >= 11 is 1.70. The van der Waals surface area contributed by atoms with Crippen LogP contribution in [0, 0.1) is 0 Å². The van der Waals surface area contributed by atoms with E-state index in [9.17, 15) is 4.79 Å². The van der Waals surface area contributed by atoms with Gasteiger partial charge in [-0.2, -0.15) is 0 Å². The van der Waals surface area contributed by atoms with Crippen molar-refractivity contribution in [2.24, 2.45) is 0 Å². The van der Waals surface area contributed by atoms with E-state index in [1.165, 1.54) is 10.5 Å². The predicted molar refractivity (Wildman–Crippen MR) is 98.9 cm³/mol. The second-order valence-electron chi connectivity index (χ2n) is 5.81. The van der Waals surface area contributed by atoms with E-state index in [4.69, 9.17) is 4.84 Å². The third-order valence-electron chi connectivity index (χ3n) is 4.09. The van der Waals surface area contributed by atoms with Gasteiger partial charge < -0.3 is 4.84 Å². The topological polar surface area (TPSA) is 29.5 Å². The summed E-state index contributed by atoms with van der Waals surface area (Å²) in [6.07, 6.45) is 0. The normalized spacial score (nSPS) is 16.9. The molecule has 4 heteroatoms. The molecule has 1 aliphatic heterocycles. The highest BCUT2D eigenvalue weighted by atomic mass is 32.2. The maximum absolute atomic E-state index is 12.5. The van der Waals surface area contributed by atoms with Crippen molar-refractivity contribution in [2.45, 2.75) is 16.8 Å². The zero-order valence-corrected chi connectivity index (χ0v) is 14.4. The molecule has 25 heavy (non-hydrogen) atoms. The van der Waals surface area contributed by atoms with Gasteiger partial charge in [0, 0.05) is 4.90 Å². The highest BCUT2D eigenvalue weighted by Crippen LogP contribution is 2.44. The summed E-state index contributed by atoms with van der Waals surface area (Å²) in [5.41, 5.74) is 2.83. The minimum Gasteiger partial charge on any atom is -0.362 e. The average molecular weight is 347 g/mol. The molecular weight excluding hydrogens is 330 g/mol. The summed E-state index contributed by atoms with van der Waals surface area (Å²) in [6, 6.07) is 27.5. The Morgan fingerprint density at radius 1 is 0.880 bits per heavy atom. The summed E-state index contributed by atoms with van der Waals surface area (Å²) in [5.74, 6) is -0.332. The standard InChI is InChI=1S/C21H17NO2S/c23-21(17-11-5-2-6-12-17)24-22-15-18-13-7-8-14-19(18)25-20(22)16-9-3-1-4-10-16/h1-14,20H,15H2. The number of nitrogens with zero attached hydrogens (tertiary/aromatic N) is 1. The molecule has 3 aromatic carbocycles. The Kier molecular flexibility index (Phi) is 4.55. The lowest BCUT2D eigenvalue weighted by Crippen LogP contribution is -2.32. The highest BCUT2D eigenvalue weighted by Gasteiger charge is 2.31. The lowest BCUT2D eigenvalue weighted by atomic mass is 10.2. The monoisotopic (exact) mass is 347 g/mol. The smallest absolute Gasteiger partial charge is 0.357 e. The zero-order valence-electron chi connectivity index (χ0n) is 13.5. The van der Waals surface area contributed by atoms with Gasteiger partial charge in [-0.25, -0.2) is 4.79 Å². The number of hydroxylamine groups is 2. The van der Waals surface area contributed by atoms with E-state index < -0.39 is 0 Å². The van der Waals surface area contributed by atoms with Crippen molar-refractivity contribution in [1.82, 2.24) is 5.06 Å². The Hall–Kier alpha value is -2.56. The fourth-order valence-corrected chi connectivity index (χ4v) is 4.05. The third-order valence-corrected chi connectivity index (χ3v) is 5.48. The van der Waals surface area contributed by atoms with E-state index in [-0.39, 0.29) is 11.3 Å². The van der Waals surface area contributed by atoms with Gasteiger partial charge in [0.15, 0.2) is 0 Å². The second kappa shape index (κ2) is 7.13. The Morgan fingerprint density at radius 3 is 2.28 bits per heavy atom. The molecule has 124 valence electrons. The van der Waals surface area contributed by atoms with Crippen LogP contribution in [0.2, 0.25) is 0 Å². The van der Waals surface area contributed by atoms with Crippen LogP contribution in [0.5, 0.6) is 0 Å². The first-order valence-corrected chi connectivity index (χ1v) is 9.03. The minimum absolute atomic E-state index is 0.0660. The molecule has 3 aromatic rings. The molecule has 3 nitrogen and oxygen atoms in total. The molecule has 0 fully saturated rings. The number of thioether (sulfide) groups is 1. The lowest BCUT2D eigenvalue weighted by Gasteiger charge is -2.34. The lowest BCUT2D eigenvalue weighted by molar-refractivity contribution is -0.128. The summed E-state index contributed by atoms with van der Waals surface area (Å²) in [6.45, 7) is 0.571. The molecule has 0 saturated carbocycles. The molecule has 1 aliphatic rings. The largest absolute Gasteiger partial charge is 0.362 e. The van der Waals surface area contributed by atoms with Crippen LogP contribution < -0.4 is 0 Å². The number of fused-ring (bicyclic) bond motifs is 1. The van der Waals surface area contributed by atoms with Gasteiger partial charge in [-0.3, -0.25) is 0 Å². The number of rotatable bonds is 3. The van der Waals surface area contributed by atoms with E-state index in [0.717, 1.165) is 5.56 Å². The van der Waals surface area contributed by atoms with Crippen LogP contribution in [-0.4, -0.2) is 11.0 Å². The number of hydrogen-bond donors (Lipinski definition) is 0. The van der Waals surface area contributed by atoms with Crippen molar-refractivity contribution >= 4 is 17.7 Å². The molecule has 0 spiro atoms. The van der Waals surface area contributed by atoms with Crippen molar-refractivity contribution < 1.29 is 9.63 Å². The first kappa shape index (κ1) is 15.9. The summed E-state index contributed by atoms with van der Waals surface area (Å²) < 4.78 is 0. The van der Waals surface area contributed by atoms with Gasteiger partial charge in [0.05, 0.1) is 12.1 Å². The van der Waals surface area contributed by atoms with E-state index >= 15 is 0 Å². The zero-order chi connectivity index (χ0) is 17.1. The number of hydrogen-bond acceptors (Lipinski definition) is 4. The van der Waals surface area contributed by atoms with Crippen LogP contribution in [0.3, 0.4) is 0 Å². The number of benzene rings is 3. The highest BCUT2D eigenvalue weighted by molar-refractivity contribution is 7.99. The SMILES string of the molecule is O=C(ON1Cc2ccccc2SC1c1ccccc1)c1ccccc1. The molecule has 4 rings (SSSR count). The summed E-state index contributed by atoms with van der Waals surface area (Å²) in [7, 11) is 0. The van der Waals surface area contributed by atoms with Gasteiger partial charge >= 0.3 is 5.97 Å². The van der Waals surface area contributed by atoms with Gasteiger partial charge in [0.25, 0.3) is 0 Å². The van der Waals surface area contributed by atoms with Crippen LogP contribution in [0.4, 0.5) is 0 Å². The van der Waals surface area contributed by atoms with Gasteiger partial charge in [-0.1, -0.05) is 78.5 Å². The van der Waals surface area contributed by atoms with Crippen molar-refractivity contribution in [2.75, 3.05) is 0 Å². The van der Waals surface area contributed by atoms with Crippen LogP contribution in [-0.2, 0) is 11.4 Å². The maximum Gasteiger partial charge on any atom is 0.357 e. The van der Waals surface area contributed by atoms with Crippen LogP contribution in [0.15, 0.2) is 89.8 Å². The Bertz CT molecular complexity index is 867. The van der Waals surface area contributed by atoms with Crippen molar-refractivity contribution in [3.63, 3.8) is 0 Å². The molecule has 0 aromatic heterocycles. The molecule has 0 aliphatic carbocycles. The molecule has 0 saturated heterocycles. The Morgan fingerprint density at radius 2 is 1.52 bits per heavy atom. The van der Waals surface area contributed by atoms with Crippen LogP contribution in [0.25, 0.3) is 0 Å². The van der Waals surface area contributed by atoms with Crippen molar-refractivity contribution in [3.8, 4) is 0 Å². The molecule has 1 unspecified atom stereocenters. The molecule has 0 bridgehead atoms. The fourth-order valence-electron chi connectivity index (χ4n) is 2.84. The molecule has 0 radical (unpaired) electrons. The first-order valence-electron chi connectivity index (χ1n) is 8.15. The molecule has 1 heterocycles. The summed E-state index contributed by atoms with van der Waals surface area (Å²) in [4.78, 5) is 19.5. The molecule has 0 N–H and O–H groups in total. The number of carbonyl (C=O) groups excluding carboxylic acids is 1. The van der Waals surface area contributed by atoms with E-state index in [1.54, 1.807) is 29.0 Å². The average Bonchev–Trinajstić information content (AvgIpc) is 2.69. The Balaban J connectivity index is 1.64.